The SMILES string of the molecule is CN(C(=O)NCCOCC(=O)O)c1ccccc1. The molecule has 0 radical (unpaired) electrons. The minimum Gasteiger partial charge on any atom is -0.480 e. The van der Waals surface area contributed by atoms with Crippen LogP contribution in [0.3, 0.4) is 0 Å². The van der Waals surface area contributed by atoms with E-state index in [0.717, 1.165) is 5.69 Å². The van der Waals surface area contributed by atoms with Crippen LogP contribution in [0, 0.1) is 0 Å². The standard InChI is InChI=1S/C12H16N2O4/c1-14(10-5-3-2-4-6-10)12(17)13-7-8-18-9-11(15)16/h2-6H,7-9H2,1H3,(H,13,17)(H,15,16). The number of hydrogen-bond donors (Lipinski definition) is 2. The number of nitrogens with zero attached hydrogens (tertiary/aromatic N) is 1. The van der Waals surface area contributed by atoms with Crippen LogP contribution in [0.15, 0.2) is 30.3 Å². The summed E-state index contributed by atoms with van der Waals surface area (Å²) in [7, 11) is 1.66. The number of carbonyl (C=O) groups excluding carboxylic acids is 1. The van der Waals surface area contributed by atoms with Crippen LogP contribution >= 0.6 is 0 Å². The Hall–Kier alpha value is -2.08. The van der Waals surface area contributed by atoms with Crippen molar-refractivity contribution >= 4 is 17.7 Å². The highest BCUT2D eigenvalue weighted by Gasteiger charge is 2.09. The molecule has 0 saturated carbocycles. The molecule has 0 aromatic heterocycles. The van der Waals surface area contributed by atoms with Gasteiger partial charge in [0.15, 0.2) is 0 Å². The van der Waals surface area contributed by atoms with E-state index < -0.39 is 5.97 Å². The Bertz CT molecular complexity index is 394. The zero-order chi connectivity index (χ0) is 13.4. The van der Waals surface area contributed by atoms with Crippen molar-refractivity contribution in [2.24, 2.45) is 0 Å². The predicted molar refractivity (Wildman–Crippen MR) is 66.7 cm³/mol. The summed E-state index contributed by atoms with van der Waals surface area (Å²) in [6.45, 7) is 0.0777. The Labute approximate surface area is 105 Å². The third-order valence-electron chi connectivity index (χ3n) is 2.20. The van der Waals surface area contributed by atoms with Crippen LogP contribution in [0.5, 0.6) is 0 Å². The van der Waals surface area contributed by atoms with Crippen molar-refractivity contribution < 1.29 is 19.4 Å². The number of urea groups is 1. The first-order valence-corrected chi connectivity index (χ1v) is 5.47. The topological polar surface area (TPSA) is 78.9 Å². The third-order valence-corrected chi connectivity index (χ3v) is 2.20. The van der Waals surface area contributed by atoms with Crippen molar-refractivity contribution in [2.45, 2.75) is 0 Å². The lowest BCUT2D eigenvalue weighted by atomic mass is 10.3. The van der Waals surface area contributed by atoms with E-state index in [4.69, 9.17) is 9.84 Å². The van der Waals surface area contributed by atoms with Crippen molar-refractivity contribution in [2.75, 3.05) is 31.7 Å². The number of para-hydroxylation sites is 1. The van der Waals surface area contributed by atoms with E-state index in [-0.39, 0.29) is 25.8 Å². The number of carboxylic acid groups (broad SMARTS) is 1. The highest BCUT2D eigenvalue weighted by Crippen LogP contribution is 2.10. The Morgan fingerprint density at radius 1 is 1.33 bits per heavy atom. The lowest BCUT2D eigenvalue weighted by Gasteiger charge is -2.17. The van der Waals surface area contributed by atoms with Gasteiger partial charge in [-0.3, -0.25) is 4.90 Å². The summed E-state index contributed by atoms with van der Waals surface area (Å²) in [5.41, 5.74) is 0.779. The summed E-state index contributed by atoms with van der Waals surface area (Å²) < 4.78 is 4.80. The first-order valence-electron chi connectivity index (χ1n) is 5.47. The molecular weight excluding hydrogens is 236 g/mol. The minimum atomic E-state index is -1.03. The fourth-order valence-electron chi connectivity index (χ4n) is 1.28. The molecule has 6 heteroatoms. The summed E-state index contributed by atoms with van der Waals surface area (Å²) >= 11 is 0. The molecule has 0 saturated heterocycles. The molecule has 2 amide bonds. The average Bonchev–Trinajstić information content (AvgIpc) is 2.38. The fraction of sp³-hybridized carbons (Fsp3) is 0.333. The van der Waals surface area contributed by atoms with Gasteiger partial charge in [-0.05, 0) is 12.1 Å². The molecule has 0 fully saturated rings. The smallest absolute Gasteiger partial charge is 0.329 e. The van der Waals surface area contributed by atoms with Gasteiger partial charge in [-0.2, -0.15) is 0 Å². The molecule has 2 N–H and O–H groups in total. The molecule has 0 atom stereocenters. The molecule has 1 aromatic carbocycles. The predicted octanol–water partition coefficient (Wildman–Crippen LogP) is 0.934. The van der Waals surface area contributed by atoms with Gasteiger partial charge >= 0.3 is 12.0 Å². The van der Waals surface area contributed by atoms with Crippen molar-refractivity contribution in [1.29, 1.82) is 0 Å². The monoisotopic (exact) mass is 252 g/mol. The quantitative estimate of drug-likeness (QED) is 0.738. The largest absolute Gasteiger partial charge is 0.480 e. The zero-order valence-electron chi connectivity index (χ0n) is 10.1. The molecule has 0 aliphatic rings. The molecule has 0 aliphatic heterocycles. The normalized spacial score (nSPS) is 9.83. The molecule has 0 aliphatic carbocycles. The van der Waals surface area contributed by atoms with Gasteiger partial charge in [-0.1, -0.05) is 18.2 Å². The highest BCUT2D eigenvalue weighted by atomic mass is 16.5. The van der Waals surface area contributed by atoms with E-state index in [1.165, 1.54) is 4.90 Å². The molecule has 98 valence electrons. The summed E-state index contributed by atoms with van der Waals surface area (Å²) in [6.07, 6.45) is 0. The van der Waals surface area contributed by atoms with Crippen molar-refractivity contribution in [3.8, 4) is 0 Å². The summed E-state index contributed by atoms with van der Waals surface area (Å²) in [5, 5.41) is 11.0. The fourth-order valence-corrected chi connectivity index (χ4v) is 1.28. The van der Waals surface area contributed by atoms with Crippen LogP contribution in [0.1, 0.15) is 0 Å². The number of benzene rings is 1. The number of ether oxygens (including phenoxy) is 1. The first kappa shape index (κ1) is 14.0. The molecular formula is C12H16N2O4. The number of aliphatic carboxylic acids is 1. The van der Waals surface area contributed by atoms with Gasteiger partial charge < -0.3 is 15.2 Å². The van der Waals surface area contributed by atoms with Gasteiger partial charge in [0.2, 0.25) is 0 Å². The molecule has 0 unspecified atom stereocenters. The van der Waals surface area contributed by atoms with E-state index in [9.17, 15) is 9.59 Å². The number of nitrogens with one attached hydrogen (secondary N) is 1. The third kappa shape index (κ3) is 4.84. The Balaban J connectivity index is 2.26. The van der Waals surface area contributed by atoms with Crippen molar-refractivity contribution in [3.63, 3.8) is 0 Å². The van der Waals surface area contributed by atoms with E-state index >= 15 is 0 Å². The Kier molecular flexibility index (Phi) is 5.66. The maximum Gasteiger partial charge on any atom is 0.329 e. The van der Waals surface area contributed by atoms with E-state index in [1.807, 2.05) is 30.3 Å². The van der Waals surface area contributed by atoms with E-state index in [0.29, 0.717) is 0 Å². The highest BCUT2D eigenvalue weighted by molar-refractivity contribution is 5.91. The maximum absolute atomic E-state index is 11.7. The Morgan fingerprint density at radius 2 is 2.00 bits per heavy atom. The van der Waals surface area contributed by atoms with Crippen LogP contribution in [-0.4, -0.2) is 43.9 Å². The molecule has 0 heterocycles. The maximum atomic E-state index is 11.7. The lowest BCUT2D eigenvalue weighted by Crippen LogP contribution is -2.39. The number of anilines is 1. The number of hydrogen-bond acceptors (Lipinski definition) is 3. The van der Waals surface area contributed by atoms with Crippen molar-refractivity contribution in [1.82, 2.24) is 5.32 Å². The summed E-state index contributed by atoms with van der Waals surface area (Å²) in [5.74, 6) is -1.03. The summed E-state index contributed by atoms with van der Waals surface area (Å²) in [4.78, 5) is 23.3. The number of rotatable bonds is 6. The van der Waals surface area contributed by atoms with Gasteiger partial charge in [-0.25, -0.2) is 9.59 Å². The zero-order valence-corrected chi connectivity index (χ0v) is 10.1. The Morgan fingerprint density at radius 3 is 2.61 bits per heavy atom. The molecule has 0 bridgehead atoms. The number of carbonyl (C=O) groups is 2. The van der Waals surface area contributed by atoms with Crippen LogP contribution in [0.2, 0.25) is 0 Å². The molecule has 1 aromatic rings. The van der Waals surface area contributed by atoms with Crippen LogP contribution in [-0.2, 0) is 9.53 Å². The summed E-state index contributed by atoms with van der Waals surface area (Å²) in [6, 6.07) is 8.93. The van der Waals surface area contributed by atoms with Crippen LogP contribution in [0.25, 0.3) is 0 Å². The second-order valence-corrected chi connectivity index (χ2v) is 3.57. The second kappa shape index (κ2) is 7.29. The van der Waals surface area contributed by atoms with Gasteiger partial charge in [0, 0.05) is 19.3 Å². The minimum absolute atomic E-state index is 0.167. The van der Waals surface area contributed by atoms with Gasteiger partial charge in [0.25, 0.3) is 0 Å². The van der Waals surface area contributed by atoms with Gasteiger partial charge in [0.05, 0.1) is 6.61 Å². The lowest BCUT2D eigenvalue weighted by molar-refractivity contribution is -0.142. The molecule has 0 spiro atoms. The molecule has 1 rings (SSSR count). The molecule has 6 nitrogen and oxygen atoms in total. The van der Waals surface area contributed by atoms with E-state index in [1.54, 1.807) is 7.05 Å². The van der Waals surface area contributed by atoms with Gasteiger partial charge in [0.1, 0.15) is 6.61 Å². The molecule has 18 heavy (non-hydrogen) atoms. The van der Waals surface area contributed by atoms with Crippen LogP contribution < -0.4 is 10.2 Å². The second-order valence-electron chi connectivity index (χ2n) is 3.57. The first-order chi connectivity index (χ1) is 8.61. The van der Waals surface area contributed by atoms with E-state index in [2.05, 4.69) is 5.32 Å². The average molecular weight is 252 g/mol. The van der Waals surface area contributed by atoms with Gasteiger partial charge in [-0.15, -0.1) is 0 Å². The number of carboxylic acids is 1. The number of amides is 2. The van der Waals surface area contributed by atoms with Crippen molar-refractivity contribution in [3.05, 3.63) is 30.3 Å². The van der Waals surface area contributed by atoms with Crippen LogP contribution in [0.4, 0.5) is 10.5 Å².